The van der Waals surface area contributed by atoms with E-state index in [1.165, 1.54) is 4.90 Å². The minimum absolute atomic E-state index is 0.230. The second-order valence-corrected chi connectivity index (χ2v) is 8.58. The van der Waals surface area contributed by atoms with Gasteiger partial charge in [0.1, 0.15) is 5.92 Å². The Labute approximate surface area is 191 Å². The predicted octanol–water partition coefficient (Wildman–Crippen LogP) is 5.20. The standard InChI is InChI=1S/C28H22N2O3/c1-18-9-7-14-21(17-18)29-27(31)24-25(23-16-8-11-19-10-5-6-15-22(19)23)30(33-26(24)28(29)32)20-12-3-2-4-13-20/h2-17,24-26H,1H3/t24-,25+,26-/m1/s1. The van der Waals surface area contributed by atoms with Crippen molar-refractivity contribution in [2.24, 2.45) is 5.92 Å². The molecule has 2 heterocycles. The van der Waals surface area contributed by atoms with Crippen molar-refractivity contribution in [3.63, 3.8) is 0 Å². The van der Waals surface area contributed by atoms with Crippen LogP contribution in [0, 0.1) is 12.8 Å². The number of hydrogen-bond acceptors (Lipinski definition) is 4. The minimum atomic E-state index is -0.873. The number of nitrogens with zero attached hydrogens (tertiary/aromatic N) is 2. The SMILES string of the molecule is Cc1cccc(N2C(=O)[C@H]3[C@@H](ON(c4ccccc4)[C@H]3c3cccc4ccccc34)C2=O)c1. The van der Waals surface area contributed by atoms with Gasteiger partial charge in [0.15, 0.2) is 6.10 Å². The third-order valence-electron chi connectivity index (χ3n) is 6.53. The van der Waals surface area contributed by atoms with Crippen molar-refractivity contribution in [3.8, 4) is 0 Å². The third kappa shape index (κ3) is 3.04. The molecular weight excluding hydrogens is 412 g/mol. The van der Waals surface area contributed by atoms with Crippen LogP contribution >= 0.6 is 0 Å². The molecule has 2 aliphatic rings. The van der Waals surface area contributed by atoms with Crippen LogP contribution in [-0.4, -0.2) is 17.9 Å². The van der Waals surface area contributed by atoms with E-state index in [9.17, 15) is 9.59 Å². The van der Waals surface area contributed by atoms with E-state index in [0.29, 0.717) is 5.69 Å². The number of hydroxylamine groups is 1. The Balaban J connectivity index is 1.51. The molecule has 4 aromatic rings. The first kappa shape index (κ1) is 19.7. The number of amides is 2. The van der Waals surface area contributed by atoms with E-state index in [-0.39, 0.29) is 11.8 Å². The van der Waals surface area contributed by atoms with Crippen molar-refractivity contribution < 1.29 is 14.4 Å². The Bertz CT molecular complexity index is 1380. The van der Waals surface area contributed by atoms with E-state index < -0.39 is 18.1 Å². The van der Waals surface area contributed by atoms with Crippen molar-refractivity contribution >= 4 is 34.0 Å². The first-order valence-electron chi connectivity index (χ1n) is 11.1. The van der Waals surface area contributed by atoms with Crippen LogP contribution in [0.1, 0.15) is 17.2 Å². The van der Waals surface area contributed by atoms with E-state index in [4.69, 9.17) is 4.84 Å². The molecule has 5 heteroatoms. The molecule has 2 fully saturated rings. The van der Waals surface area contributed by atoms with Crippen molar-refractivity contribution in [2.75, 3.05) is 9.96 Å². The normalized spacial score (nSPS) is 22.3. The maximum absolute atomic E-state index is 13.8. The number of aryl methyl sites for hydroxylation is 1. The second-order valence-electron chi connectivity index (χ2n) is 8.58. The highest BCUT2D eigenvalue weighted by molar-refractivity contribution is 6.24. The van der Waals surface area contributed by atoms with Crippen LogP contribution < -0.4 is 9.96 Å². The van der Waals surface area contributed by atoms with Gasteiger partial charge >= 0.3 is 0 Å². The van der Waals surface area contributed by atoms with E-state index in [2.05, 4.69) is 18.2 Å². The number of para-hydroxylation sites is 1. The van der Waals surface area contributed by atoms with Crippen molar-refractivity contribution in [2.45, 2.75) is 19.1 Å². The van der Waals surface area contributed by atoms with Gasteiger partial charge in [-0.3, -0.25) is 14.4 Å². The minimum Gasteiger partial charge on any atom is -0.273 e. The number of imide groups is 1. The molecule has 0 N–H and O–H groups in total. The molecule has 3 atom stereocenters. The summed E-state index contributed by atoms with van der Waals surface area (Å²) in [5.41, 5.74) is 3.36. The maximum Gasteiger partial charge on any atom is 0.266 e. The Morgan fingerprint density at radius 2 is 1.42 bits per heavy atom. The molecule has 2 saturated heterocycles. The van der Waals surface area contributed by atoms with Gasteiger partial charge < -0.3 is 0 Å². The van der Waals surface area contributed by atoms with E-state index >= 15 is 0 Å². The van der Waals surface area contributed by atoms with Crippen LogP contribution in [0.3, 0.4) is 0 Å². The molecule has 162 valence electrons. The third-order valence-corrected chi connectivity index (χ3v) is 6.53. The smallest absolute Gasteiger partial charge is 0.266 e. The van der Waals surface area contributed by atoms with Gasteiger partial charge in [0.25, 0.3) is 5.91 Å². The predicted molar refractivity (Wildman–Crippen MR) is 128 cm³/mol. The zero-order valence-corrected chi connectivity index (χ0v) is 18.1. The molecule has 0 spiro atoms. The van der Waals surface area contributed by atoms with Crippen molar-refractivity contribution in [1.82, 2.24) is 0 Å². The van der Waals surface area contributed by atoms with Crippen LogP contribution in [0.4, 0.5) is 11.4 Å². The first-order chi connectivity index (χ1) is 16.1. The number of fused-ring (bicyclic) bond motifs is 2. The van der Waals surface area contributed by atoms with Crippen molar-refractivity contribution in [1.29, 1.82) is 0 Å². The van der Waals surface area contributed by atoms with E-state index in [0.717, 1.165) is 27.6 Å². The Morgan fingerprint density at radius 3 is 2.24 bits per heavy atom. The summed E-state index contributed by atoms with van der Waals surface area (Å²) in [6.45, 7) is 1.95. The number of carbonyl (C=O) groups excluding carboxylic acids is 2. The Hall–Kier alpha value is -3.96. The fraction of sp³-hybridized carbons (Fsp3) is 0.143. The lowest BCUT2D eigenvalue weighted by Crippen LogP contribution is -2.37. The van der Waals surface area contributed by atoms with Crippen LogP contribution in [0.25, 0.3) is 10.8 Å². The summed E-state index contributed by atoms with van der Waals surface area (Å²) in [6, 6.07) is 30.9. The van der Waals surface area contributed by atoms with Crippen molar-refractivity contribution in [3.05, 3.63) is 108 Å². The van der Waals surface area contributed by atoms with Gasteiger partial charge in [0.05, 0.1) is 17.4 Å². The molecule has 2 aliphatic heterocycles. The monoisotopic (exact) mass is 434 g/mol. The summed E-state index contributed by atoms with van der Waals surface area (Å²) in [5.74, 6) is -1.20. The summed E-state index contributed by atoms with van der Waals surface area (Å²) < 4.78 is 0. The average molecular weight is 434 g/mol. The number of rotatable bonds is 3. The first-order valence-corrected chi connectivity index (χ1v) is 11.1. The van der Waals surface area contributed by atoms with Gasteiger partial charge in [0, 0.05) is 0 Å². The van der Waals surface area contributed by atoms with Crippen LogP contribution in [-0.2, 0) is 14.4 Å². The topological polar surface area (TPSA) is 49.9 Å². The molecule has 0 aliphatic carbocycles. The summed E-state index contributed by atoms with van der Waals surface area (Å²) in [5, 5.41) is 3.88. The summed E-state index contributed by atoms with van der Waals surface area (Å²) in [7, 11) is 0. The Kier molecular flexibility index (Phi) is 4.52. The molecule has 33 heavy (non-hydrogen) atoms. The number of hydrogen-bond donors (Lipinski definition) is 0. The maximum atomic E-state index is 13.8. The van der Waals surface area contributed by atoms with Crippen LogP contribution in [0.15, 0.2) is 97.1 Å². The van der Waals surface area contributed by atoms with Gasteiger partial charge in [-0.25, -0.2) is 9.96 Å². The fourth-order valence-electron chi connectivity index (χ4n) is 5.06. The highest BCUT2D eigenvalue weighted by Crippen LogP contribution is 2.48. The molecule has 2 amide bonds. The van der Waals surface area contributed by atoms with Gasteiger partial charge in [-0.15, -0.1) is 0 Å². The van der Waals surface area contributed by atoms with Crippen LogP contribution in [0.2, 0.25) is 0 Å². The largest absolute Gasteiger partial charge is 0.273 e. The van der Waals surface area contributed by atoms with Gasteiger partial charge in [-0.1, -0.05) is 72.8 Å². The lowest BCUT2D eigenvalue weighted by atomic mass is 9.87. The molecule has 0 aromatic heterocycles. The summed E-state index contributed by atoms with van der Waals surface area (Å²) in [4.78, 5) is 34.9. The number of anilines is 2. The molecule has 0 unspecified atom stereocenters. The fourth-order valence-corrected chi connectivity index (χ4v) is 5.06. The molecule has 4 aromatic carbocycles. The molecule has 5 nitrogen and oxygen atoms in total. The molecule has 0 saturated carbocycles. The van der Waals surface area contributed by atoms with Gasteiger partial charge in [-0.05, 0) is 53.1 Å². The van der Waals surface area contributed by atoms with E-state index in [1.54, 1.807) is 11.1 Å². The average Bonchev–Trinajstić information content (AvgIpc) is 3.35. The quantitative estimate of drug-likeness (QED) is 0.416. The second kappa shape index (κ2) is 7.57. The lowest BCUT2D eigenvalue weighted by molar-refractivity contribution is -0.126. The molecule has 0 bridgehead atoms. The molecule has 0 radical (unpaired) electrons. The highest BCUT2D eigenvalue weighted by atomic mass is 16.7. The highest BCUT2D eigenvalue weighted by Gasteiger charge is 2.60. The zero-order valence-electron chi connectivity index (χ0n) is 18.1. The van der Waals surface area contributed by atoms with E-state index in [1.807, 2.05) is 79.7 Å². The molecular formula is C28H22N2O3. The number of benzene rings is 4. The van der Waals surface area contributed by atoms with Gasteiger partial charge in [0.2, 0.25) is 5.91 Å². The summed E-state index contributed by atoms with van der Waals surface area (Å²) in [6.07, 6.45) is -0.873. The van der Waals surface area contributed by atoms with Gasteiger partial charge in [-0.2, -0.15) is 0 Å². The zero-order chi connectivity index (χ0) is 22.5. The van der Waals surface area contributed by atoms with Crippen LogP contribution in [0.5, 0.6) is 0 Å². The lowest BCUT2D eigenvalue weighted by Gasteiger charge is -2.29. The Morgan fingerprint density at radius 1 is 0.727 bits per heavy atom. The summed E-state index contributed by atoms with van der Waals surface area (Å²) >= 11 is 0. The number of carbonyl (C=O) groups is 2. The molecule has 6 rings (SSSR count).